The van der Waals surface area contributed by atoms with Crippen molar-refractivity contribution in [3.63, 3.8) is 0 Å². The van der Waals surface area contributed by atoms with Gasteiger partial charge in [-0.3, -0.25) is 0 Å². The van der Waals surface area contributed by atoms with E-state index in [1.807, 2.05) is 24.8 Å². The number of hydrogen-bond acceptors (Lipinski definition) is 2. The summed E-state index contributed by atoms with van der Waals surface area (Å²) >= 11 is 5.34. The molecule has 15 heavy (non-hydrogen) atoms. The first-order chi connectivity index (χ1) is 7.18. The third kappa shape index (κ3) is 2.58. The second-order valence-electron chi connectivity index (χ2n) is 3.94. The molecule has 2 atom stereocenters. The standard InChI is InChI=1S/C12H15BrOS/c1-8(13)12(14)10-4-5-11-9(7-10)3-2-6-15-11/h4-5,7-8,12,14H,2-3,6H2,1H3. The molecule has 1 aromatic rings. The van der Waals surface area contributed by atoms with Crippen LogP contribution in [0.1, 0.15) is 30.6 Å². The van der Waals surface area contributed by atoms with E-state index in [4.69, 9.17) is 0 Å². The zero-order valence-corrected chi connectivity index (χ0v) is 11.1. The second-order valence-corrected chi connectivity index (χ2v) is 6.52. The van der Waals surface area contributed by atoms with Crippen LogP contribution in [0, 0.1) is 0 Å². The van der Waals surface area contributed by atoms with Crippen LogP contribution in [-0.4, -0.2) is 15.7 Å². The zero-order valence-electron chi connectivity index (χ0n) is 8.74. The molecular weight excluding hydrogens is 272 g/mol. The summed E-state index contributed by atoms with van der Waals surface area (Å²) in [4.78, 5) is 1.49. The van der Waals surface area contributed by atoms with Crippen molar-refractivity contribution in [2.75, 3.05) is 5.75 Å². The Balaban J connectivity index is 2.27. The molecule has 82 valence electrons. The lowest BCUT2D eigenvalue weighted by molar-refractivity contribution is 0.181. The third-order valence-electron chi connectivity index (χ3n) is 2.71. The largest absolute Gasteiger partial charge is 0.387 e. The Hall–Kier alpha value is 0.01000. The summed E-state index contributed by atoms with van der Waals surface area (Å²) in [5, 5.41) is 9.95. The van der Waals surface area contributed by atoms with Gasteiger partial charge in [-0.2, -0.15) is 0 Å². The van der Waals surface area contributed by atoms with Crippen molar-refractivity contribution in [2.45, 2.75) is 35.6 Å². The molecule has 2 unspecified atom stereocenters. The molecule has 1 N–H and O–H groups in total. The van der Waals surface area contributed by atoms with Crippen molar-refractivity contribution < 1.29 is 5.11 Å². The molecule has 0 bridgehead atoms. The number of benzene rings is 1. The van der Waals surface area contributed by atoms with Crippen LogP contribution in [0.5, 0.6) is 0 Å². The molecule has 0 amide bonds. The van der Waals surface area contributed by atoms with Crippen LogP contribution in [-0.2, 0) is 6.42 Å². The quantitative estimate of drug-likeness (QED) is 0.840. The van der Waals surface area contributed by atoms with Gasteiger partial charge in [0.25, 0.3) is 0 Å². The lowest BCUT2D eigenvalue weighted by atomic mass is 10.0. The molecule has 0 aliphatic carbocycles. The summed E-state index contributed by atoms with van der Waals surface area (Å²) in [7, 11) is 0. The predicted molar refractivity (Wildman–Crippen MR) is 68.8 cm³/mol. The minimum absolute atomic E-state index is 0.104. The predicted octanol–water partition coefficient (Wildman–Crippen LogP) is 3.54. The fourth-order valence-electron chi connectivity index (χ4n) is 1.83. The van der Waals surface area contributed by atoms with Crippen LogP contribution in [0.3, 0.4) is 0 Å². The Morgan fingerprint density at radius 1 is 1.47 bits per heavy atom. The summed E-state index contributed by atoms with van der Waals surface area (Å²) in [5.41, 5.74) is 2.43. The van der Waals surface area contributed by atoms with Gasteiger partial charge in [0.15, 0.2) is 0 Å². The Kier molecular flexibility index (Phi) is 3.75. The highest BCUT2D eigenvalue weighted by molar-refractivity contribution is 9.09. The van der Waals surface area contributed by atoms with E-state index in [0.717, 1.165) is 12.0 Å². The SMILES string of the molecule is CC(Br)C(O)c1ccc2c(c1)CCCS2. The van der Waals surface area contributed by atoms with Crippen molar-refractivity contribution in [1.82, 2.24) is 0 Å². The smallest absolute Gasteiger partial charge is 0.0912 e. The monoisotopic (exact) mass is 286 g/mol. The van der Waals surface area contributed by atoms with Gasteiger partial charge in [-0.05, 0) is 42.7 Å². The number of rotatable bonds is 2. The summed E-state index contributed by atoms with van der Waals surface area (Å²) in [6, 6.07) is 6.34. The lowest BCUT2D eigenvalue weighted by Gasteiger charge is -2.19. The van der Waals surface area contributed by atoms with Crippen LogP contribution in [0.4, 0.5) is 0 Å². The maximum atomic E-state index is 9.95. The zero-order chi connectivity index (χ0) is 10.8. The number of hydrogen-bond donors (Lipinski definition) is 1. The molecule has 1 heterocycles. The average Bonchev–Trinajstić information content (AvgIpc) is 2.27. The Bertz CT molecular complexity index is 351. The Labute approximate surface area is 103 Å². The molecule has 1 aliphatic heterocycles. The van der Waals surface area contributed by atoms with Crippen molar-refractivity contribution in [3.8, 4) is 0 Å². The first kappa shape index (κ1) is 11.5. The first-order valence-electron chi connectivity index (χ1n) is 5.26. The van der Waals surface area contributed by atoms with E-state index >= 15 is 0 Å². The topological polar surface area (TPSA) is 20.2 Å². The first-order valence-corrected chi connectivity index (χ1v) is 7.16. The molecule has 0 saturated carbocycles. The van der Waals surface area contributed by atoms with Gasteiger partial charge < -0.3 is 5.11 Å². The van der Waals surface area contributed by atoms with Gasteiger partial charge in [0, 0.05) is 9.72 Å². The highest BCUT2D eigenvalue weighted by atomic mass is 79.9. The molecular formula is C12H15BrOS. The summed E-state index contributed by atoms with van der Waals surface area (Å²) in [6.07, 6.45) is 2.00. The van der Waals surface area contributed by atoms with Crippen molar-refractivity contribution in [1.29, 1.82) is 0 Å². The van der Waals surface area contributed by atoms with E-state index in [1.165, 1.54) is 22.6 Å². The number of aliphatic hydroxyl groups is 1. The van der Waals surface area contributed by atoms with E-state index in [9.17, 15) is 5.11 Å². The average molecular weight is 287 g/mol. The number of aliphatic hydroxyl groups excluding tert-OH is 1. The van der Waals surface area contributed by atoms with Crippen LogP contribution in [0.2, 0.25) is 0 Å². The molecule has 1 nitrogen and oxygen atoms in total. The lowest BCUT2D eigenvalue weighted by Crippen LogP contribution is -2.09. The van der Waals surface area contributed by atoms with Gasteiger partial charge in [0.2, 0.25) is 0 Å². The van der Waals surface area contributed by atoms with E-state index < -0.39 is 6.10 Å². The van der Waals surface area contributed by atoms with Gasteiger partial charge >= 0.3 is 0 Å². The minimum Gasteiger partial charge on any atom is -0.387 e. The van der Waals surface area contributed by atoms with Crippen molar-refractivity contribution in [2.24, 2.45) is 0 Å². The van der Waals surface area contributed by atoms with Crippen LogP contribution < -0.4 is 0 Å². The highest BCUT2D eigenvalue weighted by Gasteiger charge is 2.16. The van der Waals surface area contributed by atoms with Crippen molar-refractivity contribution in [3.05, 3.63) is 29.3 Å². The van der Waals surface area contributed by atoms with E-state index in [-0.39, 0.29) is 4.83 Å². The van der Waals surface area contributed by atoms with Gasteiger partial charge in [-0.25, -0.2) is 0 Å². The Morgan fingerprint density at radius 2 is 2.27 bits per heavy atom. The second kappa shape index (κ2) is 4.89. The maximum Gasteiger partial charge on any atom is 0.0912 e. The van der Waals surface area contributed by atoms with Gasteiger partial charge in [0.05, 0.1) is 6.10 Å². The maximum absolute atomic E-state index is 9.95. The molecule has 0 aromatic heterocycles. The van der Waals surface area contributed by atoms with Crippen LogP contribution >= 0.6 is 27.7 Å². The normalized spacial score (nSPS) is 19.4. The van der Waals surface area contributed by atoms with Gasteiger partial charge in [0.1, 0.15) is 0 Å². The summed E-state index contributed by atoms with van der Waals surface area (Å²) in [6.45, 7) is 1.97. The minimum atomic E-state index is -0.401. The van der Waals surface area contributed by atoms with Gasteiger partial charge in [-0.15, -0.1) is 11.8 Å². The number of thioether (sulfide) groups is 1. The van der Waals surface area contributed by atoms with E-state index in [2.05, 4.69) is 28.1 Å². The summed E-state index contributed by atoms with van der Waals surface area (Å²) in [5.74, 6) is 1.23. The molecule has 3 heteroatoms. The molecule has 0 fully saturated rings. The van der Waals surface area contributed by atoms with Crippen LogP contribution in [0.15, 0.2) is 23.1 Å². The molecule has 0 saturated heterocycles. The number of alkyl halides is 1. The van der Waals surface area contributed by atoms with Crippen molar-refractivity contribution >= 4 is 27.7 Å². The molecule has 2 rings (SSSR count). The highest BCUT2D eigenvalue weighted by Crippen LogP contribution is 2.33. The Morgan fingerprint density at radius 3 is 3.00 bits per heavy atom. The molecule has 0 radical (unpaired) electrons. The number of aryl methyl sites for hydroxylation is 1. The van der Waals surface area contributed by atoms with Crippen LogP contribution in [0.25, 0.3) is 0 Å². The fourth-order valence-corrected chi connectivity index (χ4v) is 3.15. The molecule has 1 aliphatic rings. The van der Waals surface area contributed by atoms with E-state index in [0.29, 0.717) is 0 Å². The number of halogens is 1. The van der Waals surface area contributed by atoms with Gasteiger partial charge in [-0.1, -0.05) is 28.1 Å². The van der Waals surface area contributed by atoms with E-state index in [1.54, 1.807) is 0 Å². The fraction of sp³-hybridized carbons (Fsp3) is 0.500. The molecule has 1 aromatic carbocycles. The number of fused-ring (bicyclic) bond motifs is 1. The summed E-state index contributed by atoms with van der Waals surface area (Å²) < 4.78 is 0. The third-order valence-corrected chi connectivity index (χ3v) is 4.41. The molecule has 0 spiro atoms.